The SMILES string of the molecule is CCCCCCCC(=O)Nc1cccc(NC(=O)c2ccccc2)c1C. The summed E-state index contributed by atoms with van der Waals surface area (Å²) in [5, 5.41) is 5.88. The van der Waals surface area contributed by atoms with E-state index in [9.17, 15) is 9.59 Å². The highest BCUT2D eigenvalue weighted by Gasteiger charge is 2.11. The van der Waals surface area contributed by atoms with Crippen LogP contribution >= 0.6 is 0 Å². The fraction of sp³-hybridized carbons (Fsp3) is 0.364. The largest absolute Gasteiger partial charge is 0.326 e. The van der Waals surface area contributed by atoms with Gasteiger partial charge in [0.2, 0.25) is 5.91 Å². The molecule has 0 unspecified atom stereocenters. The van der Waals surface area contributed by atoms with Crippen molar-refractivity contribution in [1.29, 1.82) is 0 Å². The fourth-order valence-electron chi connectivity index (χ4n) is 2.79. The Balaban J connectivity index is 1.93. The van der Waals surface area contributed by atoms with Gasteiger partial charge in [-0.3, -0.25) is 9.59 Å². The molecule has 0 aliphatic heterocycles. The molecule has 2 aromatic rings. The molecule has 0 bridgehead atoms. The number of amides is 2. The van der Waals surface area contributed by atoms with Crippen molar-refractivity contribution in [3.05, 3.63) is 59.7 Å². The summed E-state index contributed by atoms with van der Waals surface area (Å²) >= 11 is 0. The summed E-state index contributed by atoms with van der Waals surface area (Å²) in [5.74, 6) is -0.135. The minimum Gasteiger partial charge on any atom is -0.326 e. The molecule has 0 aromatic heterocycles. The zero-order valence-electron chi connectivity index (χ0n) is 15.7. The highest BCUT2D eigenvalue weighted by Crippen LogP contribution is 2.24. The number of carbonyl (C=O) groups excluding carboxylic acids is 2. The molecule has 0 saturated carbocycles. The Morgan fingerprint density at radius 3 is 2.15 bits per heavy atom. The van der Waals surface area contributed by atoms with Crippen molar-refractivity contribution in [2.45, 2.75) is 52.4 Å². The van der Waals surface area contributed by atoms with Gasteiger partial charge in [-0.15, -0.1) is 0 Å². The number of hydrogen-bond donors (Lipinski definition) is 2. The lowest BCUT2D eigenvalue weighted by Crippen LogP contribution is -2.15. The minimum absolute atomic E-state index is 0.0242. The second-order valence-corrected chi connectivity index (χ2v) is 6.51. The summed E-state index contributed by atoms with van der Waals surface area (Å²) in [7, 11) is 0. The first-order valence-corrected chi connectivity index (χ1v) is 9.37. The van der Waals surface area contributed by atoms with E-state index in [-0.39, 0.29) is 11.8 Å². The van der Waals surface area contributed by atoms with Crippen molar-refractivity contribution in [1.82, 2.24) is 0 Å². The van der Waals surface area contributed by atoms with E-state index in [0.29, 0.717) is 17.7 Å². The van der Waals surface area contributed by atoms with Crippen LogP contribution < -0.4 is 10.6 Å². The van der Waals surface area contributed by atoms with Crippen molar-refractivity contribution in [3.63, 3.8) is 0 Å². The van der Waals surface area contributed by atoms with E-state index in [1.165, 1.54) is 19.3 Å². The quantitative estimate of drug-likeness (QED) is 0.582. The maximum Gasteiger partial charge on any atom is 0.255 e. The number of rotatable bonds is 9. The summed E-state index contributed by atoms with van der Waals surface area (Å²) in [6.07, 6.45) is 6.15. The van der Waals surface area contributed by atoms with Gasteiger partial charge < -0.3 is 10.6 Å². The Morgan fingerprint density at radius 2 is 1.46 bits per heavy atom. The van der Waals surface area contributed by atoms with Crippen LogP contribution in [0.15, 0.2) is 48.5 Å². The van der Waals surface area contributed by atoms with Crippen molar-refractivity contribution in [2.24, 2.45) is 0 Å². The molecule has 0 saturated heterocycles. The lowest BCUT2D eigenvalue weighted by atomic mass is 10.1. The van der Waals surface area contributed by atoms with E-state index in [1.54, 1.807) is 12.1 Å². The van der Waals surface area contributed by atoms with E-state index < -0.39 is 0 Å². The summed E-state index contributed by atoms with van der Waals surface area (Å²) in [4.78, 5) is 24.5. The first kappa shape index (κ1) is 19.7. The van der Waals surface area contributed by atoms with Gasteiger partial charge in [0.05, 0.1) is 0 Å². The Kier molecular flexibility index (Phi) is 7.87. The predicted octanol–water partition coefficient (Wildman–Crippen LogP) is 5.55. The van der Waals surface area contributed by atoms with E-state index in [1.807, 2.05) is 43.3 Å². The lowest BCUT2D eigenvalue weighted by molar-refractivity contribution is -0.116. The van der Waals surface area contributed by atoms with Crippen LogP contribution in [0.2, 0.25) is 0 Å². The van der Waals surface area contributed by atoms with Crippen LogP contribution in [-0.2, 0) is 4.79 Å². The van der Waals surface area contributed by atoms with Crippen LogP contribution in [0, 0.1) is 6.92 Å². The molecule has 0 heterocycles. The van der Waals surface area contributed by atoms with Crippen molar-refractivity contribution < 1.29 is 9.59 Å². The van der Waals surface area contributed by atoms with Crippen molar-refractivity contribution in [3.8, 4) is 0 Å². The number of benzene rings is 2. The fourth-order valence-corrected chi connectivity index (χ4v) is 2.79. The summed E-state index contributed by atoms with van der Waals surface area (Å²) < 4.78 is 0. The van der Waals surface area contributed by atoms with Crippen LogP contribution in [-0.4, -0.2) is 11.8 Å². The number of nitrogens with one attached hydrogen (secondary N) is 2. The Morgan fingerprint density at radius 1 is 0.808 bits per heavy atom. The van der Waals surface area contributed by atoms with Gasteiger partial charge >= 0.3 is 0 Å². The highest BCUT2D eigenvalue weighted by molar-refractivity contribution is 6.05. The molecule has 4 heteroatoms. The molecule has 0 aliphatic carbocycles. The average Bonchev–Trinajstić information content (AvgIpc) is 2.65. The zero-order chi connectivity index (χ0) is 18.8. The molecule has 138 valence electrons. The van der Waals surface area contributed by atoms with Gasteiger partial charge in [0.15, 0.2) is 0 Å². The van der Waals surface area contributed by atoms with Crippen molar-refractivity contribution in [2.75, 3.05) is 10.6 Å². The van der Waals surface area contributed by atoms with E-state index in [0.717, 1.165) is 24.1 Å². The topological polar surface area (TPSA) is 58.2 Å². The number of anilines is 2. The third-order valence-electron chi connectivity index (χ3n) is 4.40. The summed E-state index contributed by atoms with van der Waals surface area (Å²) in [6.45, 7) is 4.08. The third kappa shape index (κ3) is 6.03. The van der Waals surface area contributed by atoms with Gasteiger partial charge in [-0.25, -0.2) is 0 Å². The molecule has 2 aromatic carbocycles. The van der Waals surface area contributed by atoms with Gasteiger partial charge in [0.25, 0.3) is 5.91 Å². The molecule has 0 radical (unpaired) electrons. The highest BCUT2D eigenvalue weighted by atomic mass is 16.2. The number of carbonyl (C=O) groups is 2. The van der Waals surface area contributed by atoms with Crippen LogP contribution in [0.3, 0.4) is 0 Å². The number of unbranched alkanes of at least 4 members (excludes halogenated alkanes) is 4. The van der Waals surface area contributed by atoms with Crippen LogP contribution in [0.1, 0.15) is 61.4 Å². The molecular weight excluding hydrogens is 324 g/mol. The second-order valence-electron chi connectivity index (χ2n) is 6.51. The molecule has 0 fully saturated rings. The minimum atomic E-state index is -0.159. The molecule has 4 nitrogen and oxygen atoms in total. The standard InChI is InChI=1S/C22H28N2O2/c1-3-4-5-6-10-16-21(25)23-19-14-11-15-20(17(19)2)24-22(26)18-12-8-7-9-13-18/h7-9,11-15H,3-6,10,16H2,1-2H3,(H,23,25)(H,24,26). The van der Waals surface area contributed by atoms with Gasteiger partial charge in [-0.05, 0) is 43.2 Å². The second kappa shape index (κ2) is 10.4. The maximum atomic E-state index is 12.3. The van der Waals surface area contributed by atoms with Gasteiger partial charge in [0.1, 0.15) is 0 Å². The van der Waals surface area contributed by atoms with Crippen molar-refractivity contribution >= 4 is 23.2 Å². The average molecular weight is 352 g/mol. The molecule has 2 rings (SSSR count). The van der Waals surface area contributed by atoms with E-state index >= 15 is 0 Å². The predicted molar refractivity (Wildman–Crippen MR) is 108 cm³/mol. The van der Waals surface area contributed by atoms with Gasteiger partial charge in [-0.2, -0.15) is 0 Å². The Hall–Kier alpha value is -2.62. The van der Waals surface area contributed by atoms with Crippen LogP contribution in [0.4, 0.5) is 11.4 Å². The maximum absolute atomic E-state index is 12.3. The summed E-state index contributed by atoms with van der Waals surface area (Å²) in [6, 6.07) is 14.6. The normalized spacial score (nSPS) is 10.4. The molecule has 0 spiro atoms. The Labute approximate surface area is 156 Å². The Bertz CT molecular complexity index is 726. The first-order valence-electron chi connectivity index (χ1n) is 9.37. The van der Waals surface area contributed by atoms with Crippen LogP contribution in [0.5, 0.6) is 0 Å². The lowest BCUT2D eigenvalue weighted by Gasteiger charge is -2.13. The van der Waals surface area contributed by atoms with Crippen LogP contribution in [0.25, 0.3) is 0 Å². The molecule has 2 amide bonds. The zero-order valence-corrected chi connectivity index (χ0v) is 15.7. The molecule has 0 atom stereocenters. The molecule has 2 N–H and O–H groups in total. The smallest absolute Gasteiger partial charge is 0.255 e. The number of hydrogen-bond acceptors (Lipinski definition) is 2. The summed E-state index contributed by atoms with van der Waals surface area (Å²) in [5.41, 5.74) is 2.92. The monoisotopic (exact) mass is 352 g/mol. The first-order chi connectivity index (χ1) is 12.6. The van der Waals surface area contributed by atoms with Gasteiger partial charge in [-0.1, -0.05) is 56.9 Å². The van der Waals surface area contributed by atoms with Gasteiger partial charge in [0, 0.05) is 23.4 Å². The van der Waals surface area contributed by atoms with E-state index in [4.69, 9.17) is 0 Å². The van der Waals surface area contributed by atoms with E-state index in [2.05, 4.69) is 17.6 Å². The molecule has 26 heavy (non-hydrogen) atoms. The molecule has 0 aliphatic rings. The molecular formula is C22H28N2O2. The third-order valence-corrected chi connectivity index (χ3v) is 4.40.